The molecule has 21 heavy (non-hydrogen) atoms. The minimum Gasteiger partial charge on any atom is -0.496 e. The number of para-hydroxylation sites is 1. The predicted octanol–water partition coefficient (Wildman–Crippen LogP) is 1.60. The molecule has 0 unspecified atom stereocenters. The van der Waals surface area contributed by atoms with Crippen LogP contribution in [0.5, 0.6) is 5.75 Å². The molecule has 6 heteroatoms. The fourth-order valence-corrected chi connectivity index (χ4v) is 3.76. The minimum atomic E-state index is -3.04. The lowest BCUT2D eigenvalue weighted by atomic mass is 10.1. The van der Waals surface area contributed by atoms with Gasteiger partial charge in [-0.25, -0.2) is 12.7 Å². The molecule has 0 atom stereocenters. The van der Waals surface area contributed by atoms with Gasteiger partial charge in [0.1, 0.15) is 5.75 Å². The number of ether oxygens (including phenoxy) is 1. The summed E-state index contributed by atoms with van der Waals surface area (Å²) in [5, 5.41) is 3.50. The van der Waals surface area contributed by atoms with E-state index >= 15 is 0 Å². The van der Waals surface area contributed by atoms with Crippen LogP contribution in [0.1, 0.15) is 25.3 Å². The second-order valence-electron chi connectivity index (χ2n) is 5.27. The number of benzene rings is 1. The van der Waals surface area contributed by atoms with E-state index in [1.165, 1.54) is 0 Å². The van der Waals surface area contributed by atoms with Crippen LogP contribution in [0.25, 0.3) is 0 Å². The third-order valence-corrected chi connectivity index (χ3v) is 5.87. The number of hydrogen-bond donors (Lipinski definition) is 1. The summed E-state index contributed by atoms with van der Waals surface area (Å²) < 4.78 is 30.6. The Morgan fingerprint density at radius 3 is 2.57 bits per heavy atom. The Morgan fingerprint density at radius 2 is 1.95 bits per heavy atom. The van der Waals surface area contributed by atoms with Gasteiger partial charge in [0.05, 0.1) is 12.9 Å². The van der Waals surface area contributed by atoms with Crippen molar-refractivity contribution in [3.8, 4) is 5.75 Å². The third-order valence-electron chi connectivity index (χ3n) is 3.99. The lowest BCUT2D eigenvalue weighted by Crippen LogP contribution is -2.45. The summed E-state index contributed by atoms with van der Waals surface area (Å²) in [4.78, 5) is 0. The first-order valence-corrected chi connectivity index (χ1v) is 9.01. The number of hydrogen-bond acceptors (Lipinski definition) is 4. The minimum absolute atomic E-state index is 0.187. The molecule has 1 N–H and O–H groups in total. The van der Waals surface area contributed by atoms with Crippen molar-refractivity contribution in [3.05, 3.63) is 29.8 Å². The Bertz CT molecular complexity index is 552. The molecule has 1 aromatic rings. The van der Waals surface area contributed by atoms with Crippen LogP contribution in [-0.2, 0) is 16.6 Å². The molecule has 2 rings (SSSR count). The van der Waals surface area contributed by atoms with Gasteiger partial charge in [0.2, 0.25) is 10.0 Å². The Labute approximate surface area is 127 Å². The number of rotatable bonds is 6. The van der Waals surface area contributed by atoms with Crippen LogP contribution in [0, 0.1) is 0 Å². The Kier molecular flexibility index (Phi) is 5.61. The maximum absolute atomic E-state index is 11.8. The lowest BCUT2D eigenvalue weighted by molar-refractivity contribution is 0.288. The second kappa shape index (κ2) is 7.24. The fourth-order valence-electron chi connectivity index (χ4n) is 2.62. The number of methoxy groups -OCH3 is 1. The van der Waals surface area contributed by atoms with Crippen LogP contribution in [0.4, 0.5) is 0 Å². The summed E-state index contributed by atoms with van der Waals surface area (Å²) in [6, 6.07) is 8.31. The average Bonchev–Trinajstić information content (AvgIpc) is 2.53. The predicted molar refractivity (Wildman–Crippen MR) is 83.9 cm³/mol. The van der Waals surface area contributed by atoms with Crippen molar-refractivity contribution in [2.75, 3.05) is 26.0 Å². The molecule has 0 bridgehead atoms. The SMILES string of the molecule is CCS(=O)(=O)N1CCC(NCc2ccccc2OC)CC1. The van der Waals surface area contributed by atoms with Gasteiger partial charge in [0.25, 0.3) is 0 Å². The molecule has 5 nitrogen and oxygen atoms in total. The van der Waals surface area contributed by atoms with Crippen molar-refractivity contribution in [1.82, 2.24) is 9.62 Å². The standard InChI is InChI=1S/C15H24N2O3S/c1-3-21(18,19)17-10-8-14(9-11-17)16-12-13-6-4-5-7-15(13)20-2/h4-7,14,16H,3,8-12H2,1-2H3. The normalized spacial score (nSPS) is 17.8. The van der Waals surface area contributed by atoms with Crippen LogP contribution in [0.3, 0.4) is 0 Å². The van der Waals surface area contributed by atoms with Crippen LogP contribution in [0.2, 0.25) is 0 Å². The van der Waals surface area contributed by atoms with Crippen molar-refractivity contribution in [2.45, 2.75) is 32.4 Å². The van der Waals surface area contributed by atoms with E-state index < -0.39 is 10.0 Å². The monoisotopic (exact) mass is 312 g/mol. The van der Waals surface area contributed by atoms with Crippen LogP contribution in [-0.4, -0.2) is 44.7 Å². The van der Waals surface area contributed by atoms with E-state index in [4.69, 9.17) is 4.74 Å². The molecule has 1 saturated heterocycles. The quantitative estimate of drug-likeness (QED) is 0.867. The van der Waals surface area contributed by atoms with Gasteiger partial charge in [-0.2, -0.15) is 0 Å². The lowest BCUT2D eigenvalue weighted by Gasteiger charge is -2.31. The smallest absolute Gasteiger partial charge is 0.213 e. The van der Waals surface area contributed by atoms with Gasteiger partial charge in [0, 0.05) is 31.2 Å². The van der Waals surface area contributed by atoms with Crippen molar-refractivity contribution in [3.63, 3.8) is 0 Å². The molecule has 0 aliphatic carbocycles. The van der Waals surface area contributed by atoms with E-state index in [1.54, 1.807) is 18.3 Å². The van der Waals surface area contributed by atoms with Crippen molar-refractivity contribution in [1.29, 1.82) is 0 Å². The van der Waals surface area contributed by atoms with Gasteiger partial charge >= 0.3 is 0 Å². The zero-order chi connectivity index (χ0) is 15.3. The largest absolute Gasteiger partial charge is 0.496 e. The molecule has 0 spiro atoms. The highest BCUT2D eigenvalue weighted by molar-refractivity contribution is 7.89. The van der Waals surface area contributed by atoms with E-state index in [0.717, 1.165) is 30.7 Å². The molecule has 0 amide bonds. The molecular weight excluding hydrogens is 288 g/mol. The van der Waals surface area contributed by atoms with Gasteiger partial charge in [-0.1, -0.05) is 18.2 Å². The summed E-state index contributed by atoms with van der Waals surface area (Å²) in [5.74, 6) is 1.07. The topological polar surface area (TPSA) is 58.6 Å². The van der Waals surface area contributed by atoms with Crippen molar-refractivity contribution < 1.29 is 13.2 Å². The number of nitrogens with one attached hydrogen (secondary N) is 1. The molecule has 0 saturated carbocycles. The molecule has 1 fully saturated rings. The highest BCUT2D eigenvalue weighted by Crippen LogP contribution is 2.19. The molecular formula is C15H24N2O3S. The van der Waals surface area contributed by atoms with Gasteiger partial charge in [-0.15, -0.1) is 0 Å². The molecule has 1 aliphatic rings. The fraction of sp³-hybridized carbons (Fsp3) is 0.600. The van der Waals surface area contributed by atoms with E-state index in [2.05, 4.69) is 5.32 Å². The molecule has 1 aliphatic heterocycles. The zero-order valence-electron chi connectivity index (χ0n) is 12.7. The Hall–Kier alpha value is -1.11. The van der Waals surface area contributed by atoms with Gasteiger partial charge in [-0.3, -0.25) is 0 Å². The Morgan fingerprint density at radius 1 is 1.29 bits per heavy atom. The molecule has 1 aromatic carbocycles. The second-order valence-corrected chi connectivity index (χ2v) is 7.52. The maximum atomic E-state index is 11.8. The van der Waals surface area contributed by atoms with Crippen molar-refractivity contribution in [2.24, 2.45) is 0 Å². The first-order valence-electron chi connectivity index (χ1n) is 7.40. The number of piperidine rings is 1. The highest BCUT2D eigenvalue weighted by atomic mass is 32.2. The molecule has 1 heterocycles. The number of sulfonamides is 1. The van der Waals surface area contributed by atoms with E-state index in [0.29, 0.717) is 19.1 Å². The van der Waals surface area contributed by atoms with Gasteiger partial charge in [0.15, 0.2) is 0 Å². The summed E-state index contributed by atoms with van der Waals surface area (Å²) in [6.45, 7) is 3.66. The first kappa shape index (κ1) is 16.3. The van der Waals surface area contributed by atoms with Crippen LogP contribution in [0.15, 0.2) is 24.3 Å². The van der Waals surface area contributed by atoms with Gasteiger partial charge < -0.3 is 10.1 Å². The van der Waals surface area contributed by atoms with Crippen LogP contribution >= 0.6 is 0 Å². The molecule has 0 aromatic heterocycles. The van der Waals surface area contributed by atoms with E-state index in [-0.39, 0.29) is 5.75 Å². The average molecular weight is 312 g/mol. The number of nitrogens with zero attached hydrogens (tertiary/aromatic N) is 1. The molecule has 118 valence electrons. The van der Waals surface area contributed by atoms with Crippen LogP contribution < -0.4 is 10.1 Å². The zero-order valence-corrected chi connectivity index (χ0v) is 13.5. The van der Waals surface area contributed by atoms with Gasteiger partial charge in [-0.05, 0) is 25.8 Å². The summed E-state index contributed by atoms with van der Waals surface area (Å²) in [6.07, 6.45) is 1.71. The highest BCUT2D eigenvalue weighted by Gasteiger charge is 2.26. The third kappa shape index (κ3) is 4.18. The summed E-state index contributed by atoms with van der Waals surface area (Å²) in [5.41, 5.74) is 1.13. The first-order chi connectivity index (χ1) is 10.1. The Balaban J connectivity index is 1.84. The van der Waals surface area contributed by atoms with Crippen molar-refractivity contribution >= 4 is 10.0 Å². The summed E-state index contributed by atoms with van der Waals surface area (Å²) in [7, 11) is -1.36. The summed E-state index contributed by atoms with van der Waals surface area (Å²) >= 11 is 0. The maximum Gasteiger partial charge on any atom is 0.213 e. The van der Waals surface area contributed by atoms with E-state index in [9.17, 15) is 8.42 Å². The van der Waals surface area contributed by atoms with E-state index in [1.807, 2.05) is 24.3 Å². The molecule has 0 radical (unpaired) electrons.